The minimum Gasteiger partial charge on any atom is -0.480 e. The fourth-order valence-electron chi connectivity index (χ4n) is 1.56. The number of carboxylic acid groups (broad SMARTS) is 1. The summed E-state index contributed by atoms with van der Waals surface area (Å²) in [5.41, 5.74) is 0. The Balaban J connectivity index is 2.22. The summed E-state index contributed by atoms with van der Waals surface area (Å²) in [6.07, 6.45) is 1.43. The molecule has 1 amide bonds. The summed E-state index contributed by atoms with van der Waals surface area (Å²) in [7, 11) is 0. The molecule has 1 rings (SSSR count). The lowest BCUT2D eigenvalue weighted by Crippen LogP contribution is -2.40. The van der Waals surface area contributed by atoms with Crippen LogP contribution in [0.1, 0.15) is 26.2 Å². The number of benzene rings is 1. The molecule has 0 aromatic heterocycles. The average molecular weight is 316 g/mol. The molecule has 0 bridgehead atoms. The zero-order valence-electron chi connectivity index (χ0n) is 11.3. The fraction of sp³-hybridized carbons (Fsp3) is 0.429. The van der Waals surface area contributed by atoms with Gasteiger partial charge in [0.1, 0.15) is 6.04 Å². The number of carboxylic acids is 1. The molecule has 0 spiro atoms. The SMILES string of the molecule is CC[C@H](NC(=O)CCCSc1ccc(Cl)cc1)C(=O)O. The standard InChI is InChI=1S/C14H18ClNO3S/c1-2-12(14(18)19)16-13(17)4-3-9-20-11-7-5-10(15)6-8-11/h5-8,12H,2-4,9H2,1H3,(H,16,17)(H,18,19)/t12-/m0/s1. The van der Waals surface area contributed by atoms with E-state index in [1.807, 2.05) is 24.3 Å². The molecule has 1 aromatic carbocycles. The van der Waals surface area contributed by atoms with Crippen molar-refractivity contribution < 1.29 is 14.7 Å². The van der Waals surface area contributed by atoms with Gasteiger partial charge in [0.2, 0.25) is 5.91 Å². The lowest BCUT2D eigenvalue weighted by Gasteiger charge is -2.11. The first-order valence-corrected chi connectivity index (χ1v) is 7.79. The molecular weight excluding hydrogens is 298 g/mol. The number of carbonyl (C=O) groups is 2. The molecule has 0 aliphatic rings. The van der Waals surface area contributed by atoms with E-state index in [9.17, 15) is 9.59 Å². The van der Waals surface area contributed by atoms with Crippen molar-refractivity contribution in [3.8, 4) is 0 Å². The molecule has 0 saturated carbocycles. The topological polar surface area (TPSA) is 66.4 Å². The molecule has 2 N–H and O–H groups in total. The largest absolute Gasteiger partial charge is 0.480 e. The Kier molecular flexibility index (Phi) is 7.47. The summed E-state index contributed by atoms with van der Waals surface area (Å²) in [5, 5.41) is 12.0. The Morgan fingerprint density at radius 1 is 1.35 bits per heavy atom. The molecule has 4 nitrogen and oxygen atoms in total. The maximum Gasteiger partial charge on any atom is 0.326 e. The zero-order valence-corrected chi connectivity index (χ0v) is 12.8. The molecule has 0 aliphatic heterocycles. The number of carbonyl (C=O) groups excluding carboxylic acids is 1. The van der Waals surface area contributed by atoms with Gasteiger partial charge in [-0.1, -0.05) is 18.5 Å². The van der Waals surface area contributed by atoms with Crippen molar-refractivity contribution in [2.45, 2.75) is 37.1 Å². The Hall–Kier alpha value is -1.20. The third-order valence-corrected chi connectivity index (χ3v) is 4.02. The first kappa shape index (κ1) is 16.9. The van der Waals surface area contributed by atoms with Gasteiger partial charge in [-0.25, -0.2) is 4.79 Å². The van der Waals surface area contributed by atoms with Gasteiger partial charge in [-0.15, -0.1) is 11.8 Å². The lowest BCUT2D eigenvalue weighted by molar-refractivity contribution is -0.141. The van der Waals surface area contributed by atoms with E-state index in [0.717, 1.165) is 10.6 Å². The number of halogens is 1. The molecule has 110 valence electrons. The van der Waals surface area contributed by atoms with Crippen LogP contribution in [0.4, 0.5) is 0 Å². The van der Waals surface area contributed by atoms with Gasteiger partial charge in [0.25, 0.3) is 0 Å². The Bertz CT molecular complexity index is 450. The van der Waals surface area contributed by atoms with Gasteiger partial charge < -0.3 is 10.4 Å². The molecular formula is C14H18ClNO3S. The lowest BCUT2D eigenvalue weighted by atomic mass is 10.2. The third-order valence-electron chi connectivity index (χ3n) is 2.67. The van der Waals surface area contributed by atoms with Crippen LogP contribution in [0.25, 0.3) is 0 Å². The van der Waals surface area contributed by atoms with Crippen LogP contribution in [-0.2, 0) is 9.59 Å². The predicted octanol–water partition coefficient (Wildman–Crippen LogP) is 3.19. The molecule has 1 aromatic rings. The molecule has 0 heterocycles. The van der Waals surface area contributed by atoms with Crippen molar-refractivity contribution in [2.75, 3.05) is 5.75 Å². The highest BCUT2D eigenvalue weighted by Gasteiger charge is 2.16. The first-order valence-electron chi connectivity index (χ1n) is 6.43. The minimum atomic E-state index is -0.989. The first-order chi connectivity index (χ1) is 9.52. The van der Waals surface area contributed by atoms with Crippen LogP contribution in [0.3, 0.4) is 0 Å². The van der Waals surface area contributed by atoms with E-state index < -0.39 is 12.0 Å². The molecule has 20 heavy (non-hydrogen) atoms. The summed E-state index contributed by atoms with van der Waals surface area (Å²) < 4.78 is 0. The number of hydrogen-bond acceptors (Lipinski definition) is 3. The van der Waals surface area contributed by atoms with E-state index in [-0.39, 0.29) is 5.91 Å². The van der Waals surface area contributed by atoms with Crippen LogP contribution in [0.15, 0.2) is 29.2 Å². The third kappa shape index (κ3) is 6.30. The highest BCUT2D eigenvalue weighted by Crippen LogP contribution is 2.21. The van der Waals surface area contributed by atoms with Crippen molar-refractivity contribution in [3.05, 3.63) is 29.3 Å². The Morgan fingerprint density at radius 2 is 2.00 bits per heavy atom. The van der Waals surface area contributed by atoms with E-state index in [0.29, 0.717) is 24.3 Å². The molecule has 0 radical (unpaired) electrons. The van der Waals surface area contributed by atoms with Crippen LogP contribution in [0, 0.1) is 0 Å². The summed E-state index contributed by atoms with van der Waals surface area (Å²) in [5.74, 6) is -0.397. The molecule has 0 aliphatic carbocycles. The second kappa shape index (κ2) is 8.87. The molecule has 0 unspecified atom stereocenters. The van der Waals surface area contributed by atoms with E-state index >= 15 is 0 Å². The van der Waals surface area contributed by atoms with Gasteiger partial charge in [0.05, 0.1) is 0 Å². The molecule has 0 fully saturated rings. The maximum atomic E-state index is 11.6. The predicted molar refractivity (Wildman–Crippen MR) is 81.3 cm³/mol. The fourth-order valence-corrected chi connectivity index (χ4v) is 2.54. The quantitative estimate of drug-likeness (QED) is 0.571. The second-order valence-electron chi connectivity index (χ2n) is 4.27. The summed E-state index contributed by atoms with van der Waals surface area (Å²) in [4.78, 5) is 23.5. The number of nitrogens with one attached hydrogen (secondary N) is 1. The van der Waals surface area contributed by atoms with Gasteiger partial charge in [-0.05, 0) is 42.9 Å². The van der Waals surface area contributed by atoms with Crippen molar-refractivity contribution in [3.63, 3.8) is 0 Å². The van der Waals surface area contributed by atoms with Crippen LogP contribution < -0.4 is 5.32 Å². The van der Waals surface area contributed by atoms with E-state index in [1.165, 1.54) is 0 Å². The highest BCUT2D eigenvalue weighted by molar-refractivity contribution is 7.99. The van der Waals surface area contributed by atoms with Gasteiger partial charge in [-0.2, -0.15) is 0 Å². The van der Waals surface area contributed by atoms with Gasteiger partial charge >= 0.3 is 5.97 Å². The summed E-state index contributed by atoms with van der Waals surface area (Å²) >= 11 is 7.44. The van der Waals surface area contributed by atoms with Gasteiger partial charge in [-0.3, -0.25) is 4.79 Å². The van der Waals surface area contributed by atoms with Crippen molar-refractivity contribution >= 4 is 35.2 Å². The number of hydrogen-bond donors (Lipinski definition) is 2. The van der Waals surface area contributed by atoms with Crippen LogP contribution >= 0.6 is 23.4 Å². The van der Waals surface area contributed by atoms with Gasteiger partial charge in [0.15, 0.2) is 0 Å². The van der Waals surface area contributed by atoms with Gasteiger partial charge in [0, 0.05) is 16.3 Å². The number of rotatable bonds is 8. The summed E-state index contributed by atoms with van der Waals surface area (Å²) in [6, 6.07) is 6.74. The van der Waals surface area contributed by atoms with Crippen LogP contribution in [0.5, 0.6) is 0 Å². The Morgan fingerprint density at radius 3 is 2.55 bits per heavy atom. The molecule has 1 atom stereocenters. The van der Waals surface area contributed by atoms with E-state index in [1.54, 1.807) is 18.7 Å². The number of aliphatic carboxylic acids is 1. The second-order valence-corrected chi connectivity index (χ2v) is 5.88. The minimum absolute atomic E-state index is 0.212. The zero-order chi connectivity index (χ0) is 15.0. The number of thioether (sulfide) groups is 1. The maximum absolute atomic E-state index is 11.6. The monoisotopic (exact) mass is 315 g/mol. The number of amides is 1. The van der Waals surface area contributed by atoms with Crippen molar-refractivity contribution in [2.24, 2.45) is 0 Å². The highest BCUT2D eigenvalue weighted by atomic mass is 35.5. The Labute approximate surface area is 127 Å². The van der Waals surface area contributed by atoms with Crippen LogP contribution in [0.2, 0.25) is 5.02 Å². The molecule has 6 heteroatoms. The summed E-state index contributed by atoms with van der Waals surface area (Å²) in [6.45, 7) is 1.73. The molecule has 0 saturated heterocycles. The normalized spacial score (nSPS) is 11.9. The van der Waals surface area contributed by atoms with Crippen molar-refractivity contribution in [1.29, 1.82) is 0 Å². The average Bonchev–Trinajstić information content (AvgIpc) is 2.42. The van der Waals surface area contributed by atoms with Crippen molar-refractivity contribution in [1.82, 2.24) is 5.32 Å². The van der Waals surface area contributed by atoms with E-state index in [4.69, 9.17) is 16.7 Å². The van der Waals surface area contributed by atoms with Crippen LogP contribution in [-0.4, -0.2) is 28.8 Å². The smallest absolute Gasteiger partial charge is 0.326 e. The van der Waals surface area contributed by atoms with E-state index in [2.05, 4.69) is 5.32 Å².